The summed E-state index contributed by atoms with van der Waals surface area (Å²) in [6, 6.07) is -0.372. The average molecular weight is 302 g/mol. The molecule has 2 heterocycles. The number of rotatable bonds is 4. The number of hydrogen-bond donors (Lipinski definition) is 1. The molecular formula is C13H22N2O4S. The predicted octanol–water partition coefficient (Wildman–Crippen LogP) is 0.384. The molecule has 3 rings (SSSR count). The van der Waals surface area contributed by atoms with Crippen molar-refractivity contribution in [1.29, 1.82) is 0 Å². The Balaban J connectivity index is 1.41. The predicted molar refractivity (Wildman–Crippen MR) is 74.2 cm³/mol. The Morgan fingerprint density at radius 1 is 1.25 bits per heavy atom. The Morgan fingerprint density at radius 2 is 2.05 bits per heavy atom. The zero-order valence-electron chi connectivity index (χ0n) is 11.6. The molecule has 2 atom stereocenters. The fourth-order valence-corrected chi connectivity index (χ4v) is 4.45. The van der Waals surface area contributed by atoms with Gasteiger partial charge in [0.25, 0.3) is 0 Å². The van der Waals surface area contributed by atoms with E-state index in [-0.39, 0.29) is 29.7 Å². The van der Waals surface area contributed by atoms with Crippen LogP contribution in [-0.2, 0) is 14.6 Å². The van der Waals surface area contributed by atoms with Gasteiger partial charge in [0, 0.05) is 25.7 Å². The van der Waals surface area contributed by atoms with Crippen LogP contribution in [0.1, 0.15) is 25.7 Å². The smallest absolute Gasteiger partial charge is 0.317 e. The largest absolute Gasteiger partial charge is 0.376 e. The van der Waals surface area contributed by atoms with E-state index < -0.39 is 9.84 Å². The second-order valence-corrected chi connectivity index (χ2v) is 8.41. The highest BCUT2D eigenvalue weighted by molar-refractivity contribution is 7.91. The van der Waals surface area contributed by atoms with Crippen LogP contribution in [-0.4, -0.2) is 62.7 Å². The van der Waals surface area contributed by atoms with Crippen LogP contribution in [0.25, 0.3) is 0 Å². The summed E-state index contributed by atoms with van der Waals surface area (Å²) in [4.78, 5) is 13.8. The maximum absolute atomic E-state index is 12.1. The number of hydrogen-bond acceptors (Lipinski definition) is 4. The lowest BCUT2D eigenvalue weighted by Gasteiger charge is -2.20. The summed E-state index contributed by atoms with van der Waals surface area (Å²) in [5.74, 6) is 1.00. The van der Waals surface area contributed by atoms with E-state index in [2.05, 4.69) is 5.32 Å². The summed E-state index contributed by atoms with van der Waals surface area (Å²) in [7, 11) is -2.94. The summed E-state index contributed by atoms with van der Waals surface area (Å²) in [5, 5.41) is 2.83. The molecule has 0 spiro atoms. The molecule has 7 heteroatoms. The maximum Gasteiger partial charge on any atom is 0.317 e. The number of urea groups is 1. The average Bonchev–Trinajstić information content (AvgIpc) is 2.98. The van der Waals surface area contributed by atoms with Crippen molar-refractivity contribution in [2.75, 3.05) is 31.2 Å². The van der Waals surface area contributed by atoms with Gasteiger partial charge in [0.2, 0.25) is 0 Å². The summed E-state index contributed by atoms with van der Waals surface area (Å²) >= 11 is 0. The number of likely N-dealkylation sites (tertiary alicyclic amines) is 1. The van der Waals surface area contributed by atoms with E-state index >= 15 is 0 Å². The van der Waals surface area contributed by atoms with Crippen molar-refractivity contribution in [3.8, 4) is 0 Å². The fraction of sp³-hybridized carbons (Fsp3) is 0.923. The van der Waals surface area contributed by atoms with Crippen molar-refractivity contribution in [2.24, 2.45) is 5.92 Å². The minimum Gasteiger partial charge on any atom is -0.376 e. The Bertz CT molecular complexity index is 475. The van der Waals surface area contributed by atoms with Crippen molar-refractivity contribution < 1.29 is 17.9 Å². The molecule has 3 fully saturated rings. The van der Waals surface area contributed by atoms with E-state index in [0.29, 0.717) is 19.5 Å². The summed E-state index contributed by atoms with van der Waals surface area (Å²) in [6.45, 7) is 2.14. The highest BCUT2D eigenvalue weighted by Crippen LogP contribution is 2.30. The van der Waals surface area contributed by atoms with E-state index in [4.69, 9.17) is 4.74 Å². The van der Waals surface area contributed by atoms with E-state index in [0.717, 1.165) is 18.9 Å². The maximum atomic E-state index is 12.1. The highest BCUT2D eigenvalue weighted by Gasteiger charge is 2.33. The van der Waals surface area contributed by atoms with Gasteiger partial charge in [-0.25, -0.2) is 13.2 Å². The standard InChI is InChI=1S/C13H22N2O4S/c16-13(14-11-4-6-20(17,18)9-11)15-5-3-12(7-15)19-8-10-1-2-10/h10-12H,1-9H2,(H,14,16). The molecule has 0 bridgehead atoms. The number of amides is 2. The van der Waals surface area contributed by atoms with Gasteiger partial charge in [0.15, 0.2) is 9.84 Å². The molecule has 0 aromatic heterocycles. The molecule has 2 saturated heterocycles. The lowest BCUT2D eigenvalue weighted by atomic mass is 10.3. The van der Waals surface area contributed by atoms with Gasteiger partial charge >= 0.3 is 6.03 Å². The molecule has 0 aromatic carbocycles. The first-order valence-corrected chi connectivity index (χ1v) is 9.21. The van der Waals surface area contributed by atoms with Crippen molar-refractivity contribution in [2.45, 2.75) is 37.8 Å². The first-order chi connectivity index (χ1) is 9.52. The van der Waals surface area contributed by atoms with E-state index in [1.165, 1.54) is 12.8 Å². The zero-order valence-corrected chi connectivity index (χ0v) is 12.4. The van der Waals surface area contributed by atoms with Crippen LogP contribution < -0.4 is 5.32 Å². The Kier molecular flexibility index (Phi) is 3.90. The topological polar surface area (TPSA) is 75.7 Å². The van der Waals surface area contributed by atoms with E-state index in [9.17, 15) is 13.2 Å². The normalized spacial score (nSPS) is 32.5. The molecule has 2 amide bonds. The molecule has 6 nitrogen and oxygen atoms in total. The monoisotopic (exact) mass is 302 g/mol. The van der Waals surface area contributed by atoms with Crippen LogP contribution in [0.5, 0.6) is 0 Å². The summed E-state index contributed by atoms with van der Waals surface area (Å²) in [6.07, 6.45) is 4.10. The molecule has 20 heavy (non-hydrogen) atoms. The fourth-order valence-electron chi connectivity index (χ4n) is 2.78. The summed E-state index contributed by atoms with van der Waals surface area (Å²) < 4.78 is 28.5. The van der Waals surface area contributed by atoms with Gasteiger partial charge in [-0.2, -0.15) is 0 Å². The second-order valence-electron chi connectivity index (χ2n) is 6.18. The lowest BCUT2D eigenvalue weighted by Crippen LogP contribution is -2.44. The van der Waals surface area contributed by atoms with Crippen molar-refractivity contribution in [1.82, 2.24) is 10.2 Å². The van der Waals surface area contributed by atoms with Gasteiger partial charge < -0.3 is 15.0 Å². The molecule has 2 aliphatic heterocycles. The number of ether oxygens (including phenoxy) is 1. The minimum atomic E-state index is -2.94. The van der Waals surface area contributed by atoms with Crippen molar-refractivity contribution in [3.05, 3.63) is 0 Å². The van der Waals surface area contributed by atoms with Gasteiger partial charge in [0.05, 0.1) is 17.6 Å². The number of nitrogens with one attached hydrogen (secondary N) is 1. The molecule has 3 aliphatic rings. The van der Waals surface area contributed by atoms with Crippen LogP contribution in [0, 0.1) is 5.92 Å². The van der Waals surface area contributed by atoms with Gasteiger partial charge in [-0.05, 0) is 31.6 Å². The van der Waals surface area contributed by atoms with Gasteiger partial charge in [0.1, 0.15) is 0 Å². The van der Waals surface area contributed by atoms with Crippen LogP contribution in [0.4, 0.5) is 4.79 Å². The van der Waals surface area contributed by atoms with Crippen LogP contribution in [0.2, 0.25) is 0 Å². The number of nitrogens with zero attached hydrogens (tertiary/aromatic N) is 1. The molecule has 0 aromatic rings. The molecule has 1 saturated carbocycles. The van der Waals surface area contributed by atoms with Gasteiger partial charge in [-0.15, -0.1) is 0 Å². The van der Waals surface area contributed by atoms with E-state index in [1.807, 2.05) is 0 Å². The van der Waals surface area contributed by atoms with Crippen molar-refractivity contribution >= 4 is 15.9 Å². The number of carbonyl (C=O) groups is 1. The minimum absolute atomic E-state index is 0.0776. The molecule has 114 valence electrons. The molecule has 2 unspecified atom stereocenters. The van der Waals surface area contributed by atoms with Gasteiger partial charge in [-0.3, -0.25) is 0 Å². The molecule has 1 aliphatic carbocycles. The van der Waals surface area contributed by atoms with Crippen LogP contribution in [0.3, 0.4) is 0 Å². The van der Waals surface area contributed by atoms with Gasteiger partial charge in [-0.1, -0.05) is 0 Å². The third-order valence-electron chi connectivity index (χ3n) is 4.26. The van der Waals surface area contributed by atoms with Crippen LogP contribution >= 0.6 is 0 Å². The molecule has 0 radical (unpaired) electrons. The first-order valence-electron chi connectivity index (χ1n) is 7.39. The summed E-state index contributed by atoms with van der Waals surface area (Å²) in [5.41, 5.74) is 0. The third kappa shape index (κ3) is 3.63. The second kappa shape index (κ2) is 5.52. The van der Waals surface area contributed by atoms with E-state index in [1.54, 1.807) is 4.90 Å². The third-order valence-corrected chi connectivity index (χ3v) is 6.02. The Morgan fingerprint density at radius 3 is 2.70 bits per heavy atom. The van der Waals surface area contributed by atoms with Crippen LogP contribution in [0.15, 0.2) is 0 Å². The number of sulfone groups is 1. The molecular weight excluding hydrogens is 280 g/mol. The zero-order chi connectivity index (χ0) is 14.2. The quantitative estimate of drug-likeness (QED) is 0.815. The Labute approximate surface area is 119 Å². The first kappa shape index (κ1) is 14.1. The lowest BCUT2D eigenvalue weighted by molar-refractivity contribution is 0.0538. The molecule has 1 N–H and O–H groups in total. The Hall–Kier alpha value is -0.820. The van der Waals surface area contributed by atoms with Crippen molar-refractivity contribution in [3.63, 3.8) is 0 Å². The highest BCUT2D eigenvalue weighted by atomic mass is 32.2. The SMILES string of the molecule is O=C(NC1CCS(=O)(=O)C1)N1CCC(OCC2CC2)C1. The number of carbonyl (C=O) groups excluding carboxylic acids is 1.